The minimum Gasteiger partial charge on any atom is -0.506 e. The molecule has 1 aromatic rings. The van der Waals surface area contributed by atoms with Crippen LogP contribution in [0.1, 0.15) is 5.56 Å². The summed E-state index contributed by atoms with van der Waals surface area (Å²) >= 11 is 0. The first-order chi connectivity index (χ1) is 6.09. The SMILES string of the molecule is C=C(N)OCc1ccc(O)c(N)c1. The second kappa shape index (κ2) is 3.71. The molecule has 0 aliphatic carbocycles. The van der Waals surface area contributed by atoms with Gasteiger partial charge in [0.15, 0.2) is 5.88 Å². The van der Waals surface area contributed by atoms with Gasteiger partial charge in [-0.15, -0.1) is 0 Å². The van der Waals surface area contributed by atoms with E-state index in [1.54, 1.807) is 12.1 Å². The summed E-state index contributed by atoms with van der Waals surface area (Å²) in [6, 6.07) is 4.83. The van der Waals surface area contributed by atoms with E-state index in [9.17, 15) is 0 Å². The van der Waals surface area contributed by atoms with E-state index in [1.807, 2.05) is 0 Å². The van der Waals surface area contributed by atoms with Crippen molar-refractivity contribution >= 4 is 5.69 Å². The molecule has 5 N–H and O–H groups in total. The van der Waals surface area contributed by atoms with Crippen LogP contribution in [0, 0.1) is 0 Å². The molecule has 0 aliphatic rings. The second-order valence-corrected chi connectivity index (χ2v) is 2.65. The topological polar surface area (TPSA) is 81.5 Å². The van der Waals surface area contributed by atoms with Gasteiger partial charge in [0.05, 0.1) is 5.69 Å². The number of aromatic hydroxyl groups is 1. The number of phenolic OH excluding ortho intramolecular Hbond substituents is 1. The van der Waals surface area contributed by atoms with Gasteiger partial charge in [-0.2, -0.15) is 0 Å². The van der Waals surface area contributed by atoms with E-state index < -0.39 is 0 Å². The highest BCUT2D eigenvalue weighted by Crippen LogP contribution is 2.20. The Hall–Kier alpha value is -1.84. The molecule has 0 aliphatic heterocycles. The molecule has 0 amide bonds. The number of nitrogen functional groups attached to an aromatic ring is 1. The third-order valence-electron chi connectivity index (χ3n) is 1.52. The normalized spacial score (nSPS) is 9.54. The second-order valence-electron chi connectivity index (χ2n) is 2.65. The average Bonchev–Trinajstić information content (AvgIpc) is 2.07. The molecule has 0 aromatic heterocycles. The lowest BCUT2D eigenvalue weighted by atomic mass is 10.2. The molecule has 0 heterocycles. The minimum atomic E-state index is 0.0651. The van der Waals surface area contributed by atoms with Crippen molar-refractivity contribution in [3.05, 3.63) is 36.2 Å². The van der Waals surface area contributed by atoms with E-state index in [2.05, 4.69) is 6.58 Å². The Bertz CT molecular complexity index is 323. The van der Waals surface area contributed by atoms with E-state index >= 15 is 0 Å². The van der Waals surface area contributed by atoms with Crippen LogP contribution < -0.4 is 11.5 Å². The number of nitrogens with two attached hydrogens (primary N) is 2. The van der Waals surface area contributed by atoms with Crippen LogP contribution in [0.15, 0.2) is 30.7 Å². The number of hydrogen-bond donors (Lipinski definition) is 3. The van der Waals surface area contributed by atoms with Gasteiger partial charge in [-0.3, -0.25) is 0 Å². The number of phenols is 1. The summed E-state index contributed by atoms with van der Waals surface area (Å²) in [7, 11) is 0. The largest absolute Gasteiger partial charge is 0.506 e. The first-order valence-corrected chi connectivity index (χ1v) is 3.74. The molecule has 0 fully saturated rings. The maximum atomic E-state index is 9.11. The molecule has 0 atom stereocenters. The van der Waals surface area contributed by atoms with Crippen molar-refractivity contribution in [2.75, 3.05) is 5.73 Å². The van der Waals surface area contributed by atoms with Crippen molar-refractivity contribution < 1.29 is 9.84 Å². The van der Waals surface area contributed by atoms with Crippen LogP contribution in [0.2, 0.25) is 0 Å². The Morgan fingerprint density at radius 2 is 2.23 bits per heavy atom. The molecular weight excluding hydrogens is 168 g/mol. The Labute approximate surface area is 76.4 Å². The first kappa shape index (κ1) is 9.25. The lowest BCUT2D eigenvalue weighted by molar-refractivity contribution is 0.197. The van der Waals surface area contributed by atoms with Crippen LogP contribution >= 0.6 is 0 Å². The van der Waals surface area contributed by atoms with Gasteiger partial charge in [0, 0.05) is 0 Å². The highest BCUT2D eigenvalue weighted by molar-refractivity contribution is 5.53. The van der Waals surface area contributed by atoms with Crippen molar-refractivity contribution in [1.82, 2.24) is 0 Å². The summed E-state index contributed by atoms with van der Waals surface area (Å²) in [6.07, 6.45) is 0. The lowest BCUT2D eigenvalue weighted by Gasteiger charge is -2.06. The number of ether oxygens (including phenoxy) is 1. The van der Waals surface area contributed by atoms with Crippen LogP contribution in [0.3, 0.4) is 0 Å². The summed E-state index contributed by atoms with van der Waals surface area (Å²) in [4.78, 5) is 0. The van der Waals surface area contributed by atoms with Gasteiger partial charge in [0.2, 0.25) is 0 Å². The third-order valence-corrected chi connectivity index (χ3v) is 1.52. The van der Waals surface area contributed by atoms with Gasteiger partial charge in [-0.1, -0.05) is 6.07 Å². The van der Waals surface area contributed by atoms with E-state index in [0.717, 1.165) is 5.56 Å². The summed E-state index contributed by atoms with van der Waals surface area (Å²) in [5, 5.41) is 9.11. The molecule has 0 saturated carbocycles. The van der Waals surface area contributed by atoms with Crippen molar-refractivity contribution in [3.8, 4) is 5.75 Å². The van der Waals surface area contributed by atoms with E-state index in [4.69, 9.17) is 21.3 Å². The van der Waals surface area contributed by atoms with Gasteiger partial charge in [-0.25, -0.2) is 0 Å². The molecule has 0 saturated heterocycles. The summed E-state index contributed by atoms with van der Waals surface area (Å²) < 4.78 is 4.97. The van der Waals surface area contributed by atoms with E-state index in [1.165, 1.54) is 6.07 Å². The molecule has 1 aromatic carbocycles. The predicted octanol–water partition coefficient (Wildman–Crippen LogP) is 0.921. The summed E-state index contributed by atoms with van der Waals surface area (Å²) in [5.74, 6) is 0.224. The van der Waals surface area contributed by atoms with Crippen molar-refractivity contribution in [2.24, 2.45) is 5.73 Å². The Morgan fingerprint density at radius 1 is 1.54 bits per heavy atom. The molecule has 1 rings (SSSR count). The minimum absolute atomic E-state index is 0.0651. The van der Waals surface area contributed by atoms with Crippen molar-refractivity contribution in [3.63, 3.8) is 0 Å². The quantitative estimate of drug-likeness (QED) is 0.367. The van der Waals surface area contributed by atoms with Gasteiger partial charge in [-0.05, 0) is 24.3 Å². The van der Waals surface area contributed by atoms with Crippen LogP contribution in [-0.4, -0.2) is 5.11 Å². The van der Waals surface area contributed by atoms with E-state index in [-0.39, 0.29) is 11.6 Å². The van der Waals surface area contributed by atoms with Crippen LogP contribution in [0.5, 0.6) is 5.75 Å². The van der Waals surface area contributed by atoms with E-state index in [0.29, 0.717) is 12.3 Å². The smallest absolute Gasteiger partial charge is 0.176 e. The van der Waals surface area contributed by atoms with Gasteiger partial charge in [0.25, 0.3) is 0 Å². The fraction of sp³-hybridized carbons (Fsp3) is 0.111. The lowest BCUT2D eigenvalue weighted by Crippen LogP contribution is -2.01. The molecule has 0 spiro atoms. The number of anilines is 1. The summed E-state index contributed by atoms with van der Waals surface area (Å²) in [6.45, 7) is 3.69. The number of rotatable bonds is 3. The highest BCUT2D eigenvalue weighted by Gasteiger charge is 1.98. The van der Waals surface area contributed by atoms with Gasteiger partial charge < -0.3 is 21.3 Å². The first-order valence-electron chi connectivity index (χ1n) is 3.74. The standard InChI is InChI=1S/C9H12N2O2/c1-6(10)13-5-7-2-3-9(12)8(11)4-7/h2-4,12H,1,5,10-11H2. The maximum Gasteiger partial charge on any atom is 0.176 e. The molecular formula is C9H12N2O2. The Morgan fingerprint density at radius 3 is 2.77 bits per heavy atom. The van der Waals surface area contributed by atoms with Crippen LogP contribution in [0.25, 0.3) is 0 Å². The molecule has 4 nitrogen and oxygen atoms in total. The predicted molar refractivity (Wildman–Crippen MR) is 50.6 cm³/mol. The fourth-order valence-corrected chi connectivity index (χ4v) is 0.870. The molecule has 0 unspecified atom stereocenters. The van der Waals surface area contributed by atoms with Gasteiger partial charge in [0.1, 0.15) is 12.4 Å². The van der Waals surface area contributed by atoms with Crippen LogP contribution in [0.4, 0.5) is 5.69 Å². The highest BCUT2D eigenvalue weighted by atomic mass is 16.5. The molecule has 13 heavy (non-hydrogen) atoms. The molecule has 0 bridgehead atoms. The summed E-state index contributed by atoms with van der Waals surface area (Å²) in [5.41, 5.74) is 11.8. The Balaban J connectivity index is 2.68. The molecule has 70 valence electrons. The number of benzene rings is 1. The third kappa shape index (κ3) is 2.59. The van der Waals surface area contributed by atoms with Crippen LogP contribution in [-0.2, 0) is 11.3 Å². The zero-order valence-electron chi connectivity index (χ0n) is 7.16. The number of hydrogen-bond acceptors (Lipinski definition) is 4. The molecule has 4 heteroatoms. The van der Waals surface area contributed by atoms with Crippen molar-refractivity contribution in [1.29, 1.82) is 0 Å². The Kier molecular flexibility index (Phi) is 2.64. The zero-order valence-corrected chi connectivity index (χ0v) is 7.16. The maximum absolute atomic E-state index is 9.11. The molecule has 0 radical (unpaired) electrons. The van der Waals surface area contributed by atoms with Gasteiger partial charge >= 0.3 is 0 Å². The fourth-order valence-electron chi connectivity index (χ4n) is 0.870. The average molecular weight is 180 g/mol. The zero-order chi connectivity index (χ0) is 9.84. The van der Waals surface area contributed by atoms with Crippen molar-refractivity contribution in [2.45, 2.75) is 6.61 Å². The monoisotopic (exact) mass is 180 g/mol.